The molecule has 4 rings (SSSR count). The van der Waals surface area contributed by atoms with Gasteiger partial charge in [-0.2, -0.15) is 5.26 Å². The van der Waals surface area contributed by atoms with Gasteiger partial charge >= 0.3 is 0 Å². The number of hydrogen-bond donors (Lipinski definition) is 2. The summed E-state index contributed by atoms with van der Waals surface area (Å²) in [5.41, 5.74) is 0.821. The molecule has 1 atom stereocenters. The fourth-order valence-corrected chi connectivity index (χ4v) is 2.93. The third-order valence-electron chi connectivity index (χ3n) is 4.41. The third-order valence-corrected chi connectivity index (χ3v) is 4.41. The van der Waals surface area contributed by atoms with Gasteiger partial charge in [0, 0.05) is 12.7 Å². The highest BCUT2D eigenvalue weighted by Gasteiger charge is 2.20. The molecule has 2 aromatic carbocycles. The number of carbonyl (C=O) groups is 1. The highest BCUT2D eigenvalue weighted by Crippen LogP contribution is 2.32. The number of rotatable bonds is 6. The van der Waals surface area contributed by atoms with E-state index >= 15 is 0 Å². The minimum Gasteiger partial charge on any atom is -0.486 e. The molecule has 0 aromatic heterocycles. The highest BCUT2D eigenvalue weighted by molar-refractivity contribution is 5.97. The molecule has 0 aliphatic carbocycles. The van der Waals surface area contributed by atoms with Gasteiger partial charge in [-0.25, -0.2) is 0 Å². The molecular weight excluding hydrogens is 374 g/mol. The molecule has 0 fully saturated rings. The van der Waals surface area contributed by atoms with Crippen LogP contribution in [0.3, 0.4) is 0 Å². The van der Waals surface area contributed by atoms with Gasteiger partial charge in [-0.1, -0.05) is 18.2 Å². The van der Waals surface area contributed by atoms with Gasteiger partial charge in [-0.05, 0) is 29.8 Å². The Balaban J connectivity index is 1.27. The van der Waals surface area contributed by atoms with Crippen LogP contribution in [0.25, 0.3) is 0 Å². The van der Waals surface area contributed by atoms with Gasteiger partial charge in [0.15, 0.2) is 23.0 Å². The summed E-state index contributed by atoms with van der Waals surface area (Å²) < 4.78 is 22.0. The van der Waals surface area contributed by atoms with Crippen molar-refractivity contribution in [3.8, 4) is 29.1 Å². The fraction of sp³-hybridized carbons (Fsp3) is 0.238. The van der Waals surface area contributed by atoms with Crippen LogP contribution < -0.4 is 29.6 Å². The molecule has 2 heterocycles. The number of amides is 1. The summed E-state index contributed by atoms with van der Waals surface area (Å²) in [6.45, 7) is 1.25. The number of hydrogen-bond acceptors (Lipinski definition) is 7. The van der Waals surface area contributed by atoms with Crippen LogP contribution in [0, 0.1) is 11.3 Å². The van der Waals surface area contributed by atoms with Crippen molar-refractivity contribution in [3.05, 3.63) is 59.8 Å². The van der Waals surface area contributed by atoms with Crippen molar-refractivity contribution in [3.63, 3.8) is 0 Å². The first-order valence-electron chi connectivity index (χ1n) is 9.12. The standard InChI is InChI=1S/C21H19N3O5/c22-8-15(10-23-11-16-12-26-17-3-1-2-4-19(17)29-16)21(25)24-9-14-5-6-18-20(7-14)28-13-27-18/h1-7,10,16,23H,9,11-13H2,(H,24,25)/b15-10-. The number of benzene rings is 2. The molecule has 0 radical (unpaired) electrons. The maximum absolute atomic E-state index is 12.3. The fourth-order valence-electron chi connectivity index (χ4n) is 2.93. The summed E-state index contributed by atoms with van der Waals surface area (Å²) >= 11 is 0. The Morgan fingerprint density at radius 1 is 1.10 bits per heavy atom. The lowest BCUT2D eigenvalue weighted by Gasteiger charge is -2.26. The van der Waals surface area contributed by atoms with Crippen molar-refractivity contribution in [2.45, 2.75) is 12.6 Å². The van der Waals surface area contributed by atoms with E-state index in [1.165, 1.54) is 6.20 Å². The van der Waals surface area contributed by atoms with Crippen LogP contribution in [0.2, 0.25) is 0 Å². The van der Waals surface area contributed by atoms with E-state index in [0.29, 0.717) is 36.1 Å². The average molecular weight is 393 g/mol. The molecule has 8 nitrogen and oxygen atoms in total. The SMILES string of the molecule is N#C/C(=C/NCC1COc2ccccc2O1)C(=O)NCc1ccc2c(c1)OCO2. The zero-order valence-electron chi connectivity index (χ0n) is 15.5. The van der Waals surface area contributed by atoms with Gasteiger partial charge in [0.1, 0.15) is 24.4 Å². The van der Waals surface area contributed by atoms with E-state index in [2.05, 4.69) is 10.6 Å². The molecular formula is C21H19N3O5. The summed E-state index contributed by atoms with van der Waals surface area (Å²) in [5.74, 6) is 2.24. The van der Waals surface area contributed by atoms with Crippen LogP contribution in [-0.4, -0.2) is 32.0 Å². The van der Waals surface area contributed by atoms with E-state index in [9.17, 15) is 10.1 Å². The Hall–Kier alpha value is -3.86. The Bertz CT molecular complexity index is 983. The van der Waals surface area contributed by atoms with Crippen LogP contribution >= 0.6 is 0 Å². The number of nitriles is 1. The van der Waals surface area contributed by atoms with Crippen molar-refractivity contribution < 1.29 is 23.7 Å². The maximum Gasteiger partial charge on any atom is 0.263 e. The number of fused-ring (bicyclic) bond motifs is 2. The maximum atomic E-state index is 12.3. The number of ether oxygens (including phenoxy) is 4. The van der Waals surface area contributed by atoms with Crippen molar-refractivity contribution in [2.75, 3.05) is 19.9 Å². The Kier molecular flexibility index (Phi) is 5.38. The number of carbonyl (C=O) groups excluding carboxylic acids is 1. The van der Waals surface area contributed by atoms with Gasteiger partial charge in [0.2, 0.25) is 6.79 Å². The molecule has 2 aliphatic rings. The lowest BCUT2D eigenvalue weighted by atomic mass is 10.2. The van der Waals surface area contributed by atoms with Crippen LogP contribution in [-0.2, 0) is 11.3 Å². The molecule has 1 amide bonds. The van der Waals surface area contributed by atoms with Crippen LogP contribution in [0.15, 0.2) is 54.2 Å². The first-order chi connectivity index (χ1) is 14.2. The number of nitrogens with zero attached hydrogens (tertiary/aromatic N) is 1. The van der Waals surface area contributed by atoms with Gasteiger partial charge in [-0.3, -0.25) is 4.79 Å². The second kappa shape index (κ2) is 8.44. The van der Waals surface area contributed by atoms with Crippen molar-refractivity contribution in [1.29, 1.82) is 5.26 Å². The van der Waals surface area contributed by atoms with Crippen molar-refractivity contribution >= 4 is 5.91 Å². The van der Waals surface area contributed by atoms with Crippen LogP contribution in [0.4, 0.5) is 0 Å². The van der Waals surface area contributed by atoms with E-state index < -0.39 is 5.91 Å². The quantitative estimate of drug-likeness (QED) is 0.571. The summed E-state index contributed by atoms with van der Waals surface area (Å²) in [6, 6.07) is 14.8. The largest absolute Gasteiger partial charge is 0.486 e. The molecule has 0 saturated heterocycles. The molecule has 29 heavy (non-hydrogen) atoms. The Morgan fingerprint density at radius 2 is 1.90 bits per heavy atom. The summed E-state index contributed by atoms with van der Waals surface area (Å²) in [5, 5.41) is 15.0. The van der Waals surface area contributed by atoms with E-state index in [1.807, 2.05) is 36.4 Å². The Labute approximate surface area is 167 Å². The van der Waals surface area contributed by atoms with Crippen LogP contribution in [0.1, 0.15) is 5.56 Å². The monoisotopic (exact) mass is 393 g/mol. The van der Waals surface area contributed by atoms with Crippen LogP contribution in [0.5, 0.6) is 23.0 Å². The van der Waals surface area contributed by atoms with Gasteiger partial charge in [0.05, 0.1) is 6.54 Å². The Morgan fingerprint density at radius 3 is 2.76 bits per heavy atom. The topological polar surface area (TPSA) is 102 Å². The lowest BCUT2D eigenvalue weighted by Crippen LogP contribution is -2.37. The zero-order chi connectivity index (χ0) is 20.1. The first kappa shape index (κ1) is 18.5. The first-order valence-corrected chi connectivity index (χ1v) is 9.12. The lowest BCUT2D eigenvalue weighted by molar-refractivity contribution is -0.117. The normalized spacial score (nSPS) is 16.7. The molecule has 2 aromatic rings. The molecule has 1 unspecified atom stereocenters. The summed E-state index contributed by atoms with van der Waals surface area (Å²) in [6.07, 6.45) is 1.16. The predicted molar refractivity (Wildman–Crippen MR) is 102 cm³/mol. The van der Waals surface area contributed by atoms with Crippen molar-refractivity contribution in [2.24, 2.45) is 0 Å². The molecule has 2 N–H and O–H groups in total. The van der Waals surface area contributed by atoms with E-state index in [4.69, 9.17) is 18.9 Å². The minimum atomic E-state index is -0.469. The number of para-hydroxylation sites is 2. The van der Waals surface area contributed by atoms with E-state index in [1.54, 1.807) is 12.1 Å². The summed E-state index contributed by atoms with van der Waals surface area (Å²) in [4.78, 5) is 12.3. The van der Waals surface area contributed by atoms with E-state index in [0.717, 1.165) is 5.56 Å². The molecule has 8 heteroatoms. The summed E-state index contributed by atoms with van der Waals surface area (Å²) in [7, 11) is 0. The highest BCUT2D eigenvalue weighted by atomic mass is 16.7. The van der Waals surface area contributed by atoms with E-state index in [-0.39, 0.29) is 25.0 Å². The number of nitrogens with one attached hydrogen (secondary N) is 2. The third kappa shape index (κ3) is 4.35. The second-order valence-electron chi connectivity index (χ2n) is 6.45. The zero-order valence-corrected chi connectivity index (χ0v) is 15.5. The van der Waals surface area contributed by atoms with Gasteiger partial charge in [0.25, 0.3) is 5.91 Å². The second-order valence-corrected chi connectivity index (χ2v) is 6.45. The smallest absolute Gasteiger partial charge is 0.263 e. The van der Waals surface area contributed by atoms with Gasteiger partial charge < -0.3 is 29.6 Å². The predicted octanol–water partition coefficient (Wildman–Crippen LogP) is 1.87. The minimum absolute atomic E-state index is 0.0251. The molecule has 148 valence electrons. The molecule has 0 bridgehead atoms. The average Bonchev–Trinajstić information content (AvgIpc) is 3.23. The molecule has 2 aliphatic heterocycles. The molecule has 0 spiro atoms. The molecule has 0 saturated carbocycles. The van der Waals surface area contributed by atoms with Gasteiger partial charge in [-0.15, -0.1) is 0 Å². The van der Waals surface area contributed by atoms with Crippen molar-refractivity contribution in [1.82, 2.24) is 10.6 Å².